The van der Waals surface area contributed by atoms with Gasteiger partial charge in [-0.25, -0.2) is 4.79 Å². The Labute approximate surface area is 194 Å². The first kappa shape index (κ1) is 23.9. The summed E-state index contributed by atoms with van der Waals surface area (Å²) in [7, 11) is 1.36. The molecule has 3 rings (SSSR count). The van der Waals surface area contributed by atoms with Gasteiger partial charge in [-0.3, -0.25) is 19.7 Å². The highest BCUT2D eigenvalue weighted by Gasteiger charge is 2.20. The summed E-state index contributed by atoms with van der Waals surface area (Å²) >= 11 is 0. The standard InChI is InChI=1S/C24H21N3O7/c1-15-6-5-7-16(12-15)23(29)26-19-9-4-3-8-18(19)24(30)34-14-22(28)25-20-11-10-17(33-2)13-21(20)27(31)32/h3-13H,14H2,1-2H3,(H,25,28)(H,26,29). The maximum Gasteiger partial charge on any atom is 0.340 e. The number of esters is 1. The van der Waals surface area contributed by atoms with Crippen molar-refractivity contribution in [2.45, 2.75) is 6.92 Å². The molecule has 2 amide bonds. The predicted molar refractivity (Wildman–Crippen MR) is 124 cm³/mol. The van der Waals surface area contributed by atoms with Gasteiger partial charge in [0.25, 0.3) is 17.5 Å². The van der Waals surface area contributed by atoms with E-state index < -0.39 is 29.3 Å². The fourth-order valence-electron chi connectivity index (χ4n) is 3.04. The molecule has 0 radical (unpaired) electrons. The molecule has 0 aliphatic carbocycles. The highest BCUT2D eigenvalue weighted by Crippen LogP contribution is 2.29. The number of amides is 2. The summed E-state index contributed by atoms with van der Waals surface area (Å²) in [5.41, 5.74) is 1.14. The van der Waals surface area contributed by atoms with Crippen LogP contribution < -0.4 is 15.4 Å². The summed E-state index contributed by atoms with van der Waals surface area (Å²) in [5.74, 6) is -1.78. The molecule has 174 valence electrons. The van der Waals surface area contributed by atoms with Crippen LogP contribution in [0, 0.1) is 17.0 Å². The van der Waals surface area contributed by atoms with Crippen LogP contribution >= 0.6 is 0 Å². The van der Waals surface area contributed by atoms with Crippen LogP contribution in [0.1, 0.15) is 26.3 Å². The third kappa shape index (κ3) is 5.94. The number of nitro benzene ring substituents is 1. The summed E-state index contributed by atoms with van der Waals surface area (Å²) in [6.45, 7) is 1.16. The van der Waals surface area contributed by atoms with Crippen LogP contribution in [0.2, 0.25) is 0 Å². The van der Waals surface area contributed by atoms with Crippen LogP contribution in [0.4, 0.5) is 17.1 Å². The van der Waals surface area contributed by atoms with Gasteiger partial charge in [-0.1, -0.05) is 29.8 Å². The van der Waals surface area contributed by atoms with Crippen LogP contribution in [-0.4, -0.2) is 36.4 Å². The number of carbonyl (C=O) groups is 3. The molecule has 0 fully saturated rings. The van der Waals surface area contributed by atoms with Crippen molar-refractivity contribution < 1.29 is 28.8 Å². The van der Waals surface area contributed by atoms with Gasteiger partial charge in [0.15, 0.2) is 6.61 Å². The minimum Gasteiger partial charge on any atom is -0.496 e. The Hall–Kier alpha value is -4.73. The van der Waals surface area contributed by atoms with E-state index in [4.69, 9.17) is 9.47 Å². The number of nitrogens with zero attached hydrogens (tertiary/aromatic N) is 1. The molecule has 34 heavy (non-hydrogen) atoms. The van der Waals surface area contributed by atoms with Crippen LogP contribution in [0.15, 0.2) is 66.7 Å². The molecular formula is C24H21N3O7. The molecule has 0 heterocycles. The Morgan fingerprint density at radius 1 is 0.941 bits per heavy atom. The molecule has 0 spiro atoms. The minimum absolute atomic E-state index is 0.0479. The number of para-hydroxylation sites is 1. The molecule has 2 N–H and O–H groups in total. The first-order chi connectivity index (χ1) is 16.3. The predicted octanol–water partition coefficient (Wildman–Crippen LogP) is 3.96. The lowest BCUT2D eigenvalue weighted by molar-refractivity contribution is -0.384. The van der Waals surface area contributed by atoms with Crippen molar-refractivity contribution in [3.8, 4) is 5.75 Å². The monoisotopic (exact) mass is 463 g/mol. The van der Waals surface area contributed by atoms with Crippen LogP contribution in [0.5, 0.6) is 5.75 Å². The molecular weight excluding hydrogens is 442 g/mol. The smallest absolute Gasteiger partial charge is 0.340 e. The number of aryl methyl sites for hydroxylation is 1. The number of methoxy groups -OCH3 is 1. The number of hydrogen-bond donors (Lipinski definition) is 2. The lowest BCUT2D eigenvalue weighted by atomic mass is 10.1. The molecule has 0 aliphatic rings. The van der Waals surface area contributed by atoms with Crippen molar-refractivity contribution in [2.24, 2.45) is 0 Å². The average Bonchev–Trinajstić information content (AvgIpc) is 2.83. The molecule has 10 heteroatoms. The zero-order valence-corrected chi connectivity index (χ0v) is 18.4. The van der Waals surface area contributed by atoms with E-state index in [1.807, 2.05) is 13.0 Å². The summed E-state index contributed by atoms with van der Waals surface area (Å²) in [6, 6.07) is 17.1. The molecule has 0 aromatic heterocycles. The van der Waals surface area contributed by atoms with Gasteiger partial charge in [0.05, 0.1) is 29.4 Å². The molecule has 3 aromatic rings. The number of rotatable bonds is 8. The Morgan fingerprint density at radius 3 is 2.41 bits per heavy atom. The first-order valence-corrected chi connectivity index (χ1v) is 10.0. The maximum absolute atomic E-state index is 12.6. The third-order valence-corrected chi connectivity index (χ3v) is 4.69. The number of carbonyl (C=O) groups excluding carboxylic acids is 3. The normalized spacial score (nSPS) is 10.2. The quantitative estimate of drug-likeness (QED) is 0.293. The largest absolute Gasteiger partial charge is 0.496 e. The van der Waals surface area contributed by atoms with Crippen LogP contribution in [-0.2, 0) is 9.53 Å². The van der Waals surface area contributed by atoms with Gasteiger partial charge in [0.2, 0.25) is 0 Å². The molecule has 0 bridgehead atoms. The fraction of sp³-hybridized carbons (Fsp3) is 0.125. The van der Waals surface area contributed by atoms with Gasteiger partial charge in [-0.2, -0.15) is 0 Å². The molecule has 0 atom stereocenters. The molecule has 3 aromatic carbocycles. The van der Waals surface area contributed by atoms with Crippen molar-refractivity contribution >= 4 is 34.8 Å². The van der Waals surface area contributed by atoms with Gasteiger partial charge in [0, 0.05) is 5.56 Å². The fourth-order valence-corrected chi connectivity index (χ4v) is 3.04. The van der Waals surface area contributed by atoms with Gasteiger partial charge in [-0.05, 0) is 43.3 Å². The Bertz CT molecular complexity index is 1260. The minimum atomic E-state index is -0.848. The molecule has 0 unspecified atom stereocenters. The van der Waals surface area contributed by atoms with E-state index in [0.29, 0.717) is 5.56 Å². The first-order valence-electron chi connectivity index (χ1n) is 10.0. The molecule has 0 aliphatic heterocycles. The Balaban J connectivity index is 1.66. The number of benzene rings is 3. The van der Waals surface area contributed by atoms with Crippen molar-refractivity contribution in [3.63, 3.8) is 0 Å². The topological polar surface area (TPSA) is 137 Å². The number of nitro groups is 1. The molecule has 10 nitrogen and oxygen atoms in total. The molecule has 0 saturated heterocycles. The number of anilines is 2. The summed E-state index contributed by atoms with van der Waals surface area (Å²) in [4.78, 5) is 48.0. The second-order valence-corrected chi connectivity index (χ2v) is 7.13. The van der Waals surface area contributed by atoms with Gasteiger partial charge in [-0.15, -0.1) is 0 Å². The second kappa shape index (κ2) is 10.7. The second-order valence-electron chi connectivity index (χ2n) is 7.13. The van der Waals surface area contributed by atoms with Gasteiger partial charge < -0.3 is 20.1 Å². The highest BCUT2D eigenvalue weighted by atomic mass is 16.6. The maximum atomic E-state index is 12.6. The van der Waals surface area contributed by atoms with E-state index in [2.05, 4.69) is 10.6 Å². The van der Waals surface area contributed by atoms with E-state index >= 15 is 0 Å². The van der Waals surface area contributed by atoms with Gasteiger partial charge in [0.1, 0.15) is 11.4 Å². The Morgan fingerprint density at radius 2 is 1.71 bits per heavy atom. The average molecular weight is 463 g/mol. The van der Waals surface area contributed by atoms with Crippen molar-refractivity contribution in [2.75, 3.05) is 24.4 Å². The zero-order chi connectivity index (χ0) is 24.7. The third-order valence-electron chi connectivity index (χ3n) is 4.69. The van der Waals surface area contributed by atoms with Crippen LogP contribution in [0.3, 0.4) is 0 Å². The van der Waals surface area contributed by atoms with E-state index in [1.165, 1.54) is 31.4 Å². The highest BCUT2D eigenvalue weighted by molar-refractivity contribution is 6.08. The Kier molecular flexibility index (Phi) is 7.55. The number of hydrogen-bond acceptors (Lipinski definition) is 7. The summed E-state index contributed by atoms with van der Waals surface area (Å²) in [5, 5.41) is 16.3. The van der Waals surface area contributed by atoms with E-state index in [9.17, 15) is 24.5 Å². The van der Waals surface area contributed by atoms with E-state index in [0.717, 1.165) is 11.6 Å². The van der Waals surface area contributed by atoms with Crippen molar-refractivity contribution in [1.29, 1.82) is 0 Å². The number of nitrogens with one attached hydrogen (secondary N) is 2. The summed E-state index contributed by atoms with van der Waals surface area (Å²) < 4.78 is 10.0. The SMILES string of the molecule is COc1ccc(NC(=O)COC(=O)c2ccccc2NC(=O)c2cccc(C)c2)c([N+](=O)[O-])c1. The lowest BCUT2D eigenvalue weighted by Crippen LogP contribution is -2.22. The lowest BCUT2D eigenvalue weighted by Gasteiger charge is -2.12. The van der Waals surface area contributed by atoms with E-state index in [1.54, 1.807) is 30.3 Å². The number of ether oxygens (including phenoxy) is 2. The van der Waals surface area contributed by atoms with Crippen molar-refractivity contribution in [3.05, 3.63) is 93.5 Å². The van der Waals surface area contributed by atoms with Crippen LogP contribution in [0.25, 0.3) is 0 Å². The van der Waals surface area contributed by atoms with E-state index in [-0.39, 0.29) is 28.4 Å². The van der Waals surface area contributed by atoms with Gasteiger partial charge >= 0.3 is 5.97 Å². The molecule has 0 saturated carbocycles. The zero-order valence-electron chi connectivity index (χ0n) is 18.4. The summed E-state index contributed by atoms with van der Waals surface area (Å²) in [6.07, 6.45) is 0. The van der Waals surface area contributed by atoms with Crippen molar-refractivity contribution in [1.82, 2.24) is 0 Å².